The Kier molecular flexibility index (Phi) is 1.74. The summed E-state index contributed by atoms with van der Waals surface area (Å²) in [5.41, 5.74) is 0.832. The van der Waals surface area contributed by atoms with Gasteiger partial charge in [-0.2, -0.15) is 0 Å². The third kappa shape index (κ3) is 1.32. The molecule has 0 aliphatic heterocycles. The van der Waals surface area contributed by atoms with Gasteiger partial charge in [0.05, 0.1) is 0 Å². The Balaban J connectivity index is 2.02. The van der Waals surface area contributed by atoms with E-state index in [0.717, 1.165) is 17.3 Å². The van der Waals surface area contributed by atoms with Crippen LogP contribution in [-0.4, -0.2) is 0 Å². The molecule has 0 aromatic rings. The third-order valence-corrected chi connectivity index (χ3v) is 3.90. The molecule has 2 atom stereocenters. The molecule has 0 radical (unpaired) electrons. The predicted molar refractivity (Wildman–Crippen MR) is 48.5 cm³/mol. The second-order valence-electron chi connectivity index (χ2n) is 5.20. The summed E-state index contributed by atoms with van der Waals surface area (Å²) in [4.78, 5) is 0. The normalized spacial score (nSPS) is 42.0. The van der Waals surface area contributed by atoms with Crippen molar-refractivity contribution in [1.82, 2.24) is 0 Å². The van der Waals surface area contributed by atoms with E-state index in [1.54, 1.807) is 12.8 Å². The van der Waals surface area contributed by atoms with Crippen molar-refractivity contribution in [3.63, 3.8) is 0 Å². The van der Waals surface area contributed by atoms with Gasteiger partial charge in [-0.3, -0.25) is 0 Å². The molecule has 0 aromatic heterocycles. The first kappa shape index (κ1) is 7.64. The fourth-order valence-electron chi connectivity index (χ4n) is 3.40. The maximum Gasteiger partial charge on any atom is -0.0292 e. The van der Waals surface area contributed by atoms with Gasteiger partial charge in [-0.15, -0.1) is 0 Å². The number of hydrogen-bond acceptors (Lipinski definition) is 0. The monoisotopic (exact) mass is 152 g/mol. The van der Waals surface area contributed by atoms with E-state index < -0.39 is 0 Å². The van der Waals surface area contributed by atoms with Crippen molar-refractivity contribution in [1.29, 1.82) is 0 Å². The number of hydrogen-bond donors (Lipinski definition) is 0. The Morgan fingerprint density at radius 2 is 1.36 bits per heavy atom. The fraction of sp³-hybridized carbons (Fsp3) is 1.00. The van der Waals surface area contributed by atoms with Gasteiger partial charge in [0, 0.05) is 0 Å². The van der Waals surface area contributed by atoms with Gasteiger partial charge >= 0.3 is 0 Å². The molecule has 11 heavy (non-hydrogen) atoms. The van der Waals surface area contributed by atoms with Gasteiger partial charge in [-0.05, 0) is 42.9 Å². The van der Waals surface area contributed by atoms with E-state index in [1.165, 1.54) is 25.7 Å². The van der Waals surface area contributed by atoms with Crippen molar-refractivity contribution in [3.05, 3.63) is 0 Å². The molecule has 2 aliphatic rings. The van der Waals surface area contributed by atoms with E-state index in [2.05, 4.69) is 13.8 Å². The number of rotatable bonds is 0. The van der Waals surface area contributed by atoms with Crippen LogP contribution in [0.1, 0.15) is 52.4 Å². The van der Waals surface area contributed by atoms with Crippen molar-refractivity contribution in [2.75, 3.05) is 0 Å². The molecule has 0 heterocycles. The molecular weight excluding hydrogens is 132 g/mol. The second kappa shape index (κ2) is 2.50. The van der Waals surface area contributed by atoms with Crippen molar-refractivity contribution in [2.24, 2.45) is 17.3 Å². The summed E-state index contributed by atoms with van der Waals surface area (Å²) in [5, 5.41) is 0. The molecule has 0 nitrogen and oxygen atoms in total. The molecule has 0 aromatic carbocycles. The Morgan fingerprint density at radius 1 is 0.909 bits per heavy atom. The average Bonchev–Trinajstić information content (AvgIpc) is 2.44. The van der Waals surface area contributed by atoms with E-state index in [1.807, 2.05) is 0 Å². The maximum atomic E-state index is 2.43. The molecule has 2 aliphatic carbocycles. The van der Waals surface area contributed by atoms with E-state index in [0.29, 0.717) is 0 Å². The van der Waals surface area contributed by atoms with Gasteiger partial charge in [-0.1, -0.05) is 26.7 Å². The minimum Gasteiger partial charge on any atom is -0.0625 e. The predicted octanol–water partition coefficient (Wildman–Crippen LogP) is 3.61. The van der Waals surface area contributed by atoms with Gasteiger partial charge in [0.1, 0.15) is 0 Å². The zero-order valence-electron chi connectivity index (χ0n) is 7.90. The van der Waals surface area contributed by atoms with E-state index in [9.17, 15) is 0 Å². The lowest BCUT2D eigenvalue weighted by molar-refractivity contribution is 0.287. The molecule has 0 amide bonds. The second-order valence-corrected chi connectivity index (χ2v) is 5.20. The molecule has 1 spiro atoms. The molecule has 2 rings (SSSR count). The summed E-state index contributed by atoms with van der Waals surface area (Å²) in [6.45, 7) is 4.86. The molecule has 0 heteroatoms. The lowest BCUT2D eigenvalue weighted by Crippen LogP contribution is -2.11. The van der Waals surface area contributed by atoms with Crippen molar-refractivity contribution >= 4 is 0 Å². The first-order valence-corrected chi connectivity index (χ1v) is 5.20. The Hall–Kier alpha value is 0. The highest BCUT2D eigenvalue weighted by atomic mass is 14.5. The standard InChI is InChI=1S/C11H20/c1-9-3-5-11(7-9)6-4-10(2)8-11/h9-10H,3-8H2,1-2H3/t9-,10-,11?/m0/s1. The van der Waals surface area contributed by atoms with Gasteiger partial charge in [-0.25, -0.2) is 0 Å². The lowest BCUT2D eigenvalue weighted by Gasteiger charge is -2.22. The van der Waals surface area contributed by atoms with Gasteiger partial charge in [0.2, 0.25) is 0 Å². The summed E-state index contributed by atoms with van der Waals surface area (Å²) in [5.74, 6) is 2.06. The van der Waals surface area contributed by atoms with Crippen LogP contribution in [0.3, 0.4) is 0 Å². The lowest BCUT2D eigenvalue weighted by atomic mass is 9.83. The van der Waals surface area contributed by atoms with Crippen LogP contribution in [0, 0.1) is 17.3 Å². The molecular formula is C11H20. The van der Waals surface area contributed by atoms with Crippen molar-refractivity contribution < 1.29 is 0 Å². The average molecular weight is 152 g/mol. The molecule has 2 saturated carbocycles. The molecule has 0 saturated heterocycles. The van der Waals surface area contributed by atoms with Gasteiger partial charge < -0.3 is 0 Å². The van der Waals surface area contributed by atoms with Gasteiger partial charge in [0.25, 0.3) is 0 Å². The summed E-state index contributed by atoms with van der Waals surface area (Å²) >= 11 is 0. The van der Waals surface area contributed by atoms with Crippen LogP contribution in [0.2, 0.25) is 0 Å². The zero-order chi connectivity index (χ0) is 7.90. The van der Waals surface area contributed by atoms with Crippen LogP contribution in [0.25, 0.3) is 0 Å². The highest BCUT2D eigenvalue weighted by Gasteiger charge is 2.41. The quantitative estimate of drug-likeness (QED) is 0.497. The highest BCUT2D eigenvalue weighted by Crippen LogP contribution is 2.54. The fourth-order valence-corrected chi connectivity index (χ4v) is 3.40. The van der Waals surface area contributed by atoms with Crippen molar-refractivity contribution in [2.45, 2.75) is 52.4 Å². The summed E-state index contributed by atoms with van der Waals surface area (Å²) in [6, 6.07) is 0. The zero-order valence-corrected chi connectivity index (χ0v) is 7.90. The van der Waals surface area contributed by atoms with E-state index in [-0.39, 0.29) is 0 Å². The molecule has 64 valence electrons. The minimum atomic E-state index is 0.832. The van der Waals surface area contributed by atoms with Crippen LogP contribution in [0.5, 0.6) is 0 Å². The first-order chi connectivity index (χ1) is 5.20. The third-order valence-electron chi connectivity index (χ3n) is 3.90. The summed E-state index contributed by atoms with van der Waals surface area (Å²) in [7, 11) is 0. The Morgan fingerprint density at radius 3 is 1.64 bits per heavy atom. The van der Waals surface area contributed by atoms with E-state index in [4.69, 9.17) is 0 Å². The highest BCUT2D eigenvalue weighted by molar-refractivity contribution is 4.93. The topological polar surface area (TPSA) is 0 Å². The largest absolute Gasteiger partial charge is 0.0625 e. The molecule has 0 bridgehead atoms. The molecule has 0 unspecified atom stereocenters. The maximum absolute atomic E-state index is 2.43. The smallest absolute Gasteiger partial charge is 0.0292 e. The van der Waals surface area contributed by atoms with Crippen LogP contribution >= 0.6 is 0 Å². The van der Waals surface area contributed by atoms with Crippen LogP contribution in [-0.2, 0) is 0 Å². The Labute approximate surface area is 70.4 Å². The minimum absolute atomic E-state index is 0.832. The molecule has 0 N–H and O–H groups in total. The SMILES string of the molecule is C[C@H]1CCC2(CC[C@H](C)C2)C1. The molecule has 2 fully saturated rings. The summed E-state index contributed by atoms with van der Waals surface area (Å²) < 4.78 is 0. The van der Waals surface area contributed by atoms with Crippen LogP contribution in [0.15, 0.2) is 0 Å². The summed E-state index contributed by atoms with van der Waals surface area (Å²) in [6.07, 6.45) is 9.17. The first-order valence-electron chi connectivity index (χ1n) is 5.20. The van der Waals surface area contributed by atoms with Crippen LogP contribution < -0.4 is 0 Å². The van der Waals surface area contributed by atoms with E-state index >= 15 is 0 Å². The van der Waals surface area contributed by atoms with Gasteiger partial charge in [0.15, 0.2) is 0 Å². The van der Waals surface area contributed by atoms with Crippen molar-refractivity contribution in [3.8, 4) is 0 Å². The van der Waals surface area contributed by atoms with Crippen LogP contribution in [0.4, 0.5) is 0 Å². The Bertz CT molecular complexity index is 130.